The van der Waals surface area contributed by atoms with Crippen molar-refractivity contribution in [2.75, 3.05) is 24.3 Å². The van der Waals surface area contributed by atoms with Crippen LogP contribution in [0.5, 0.6) is 5.88 Å². The summed E-state index contributed by atoms with van der Waals surface area (Å²) in [6, 6.07) is 3.46. The molecule has 0 saturated carbocycles. The van der Waals surface area contributed by atoms with Crippen LogP contribution in [-0.4, -0.2) is 52.6 Å². The maximum atomic E-state index is 12.6. The number of halogens is 1. The number of alkyl halides is 1. The van der Waals surface area contributed by atoms with Crippen molar-refractivity contribution >= 4 is 35.2 Å². The number of anilines is 1. The molecule has 0 spiro atoms. The second-order valence-corrected chi connectivity index (χ2v) is 9.23. The summed E-state index contributed by atoms with van der Waals surface area (Å²) in [5.41, 5.74) is 1.05. The van der Waals surface area contributed by atoms with Gasteiger partial charge in [-0.05, 0) is 52.0 Å². The van der Waals surface area contributed by atoms with E-state index in [4.69, 9.17) is 25.5 Å². The Balaban J connectivity index is 0.00000371. The van der Waals surface area contributed by atoms with Gasteiger partial charge in [0.2, 0.25) is 5.88 Å². The highest BCUT2D eigenvalue weighted by molar-refractivity contribution is 6.19. The third kappa shape index (κ3) is 13.1. The molecule has 0 aliphatic carbocycles. The van der Waals surface area contributed by atoms with Crippen LogP contribution in [0.25, 0.3) is 5.57 Å². The molecule has 3 N–H and O–H groups in total. The minimum Gasteiger partial charge on any atom is -0.473 e. The van der Waals surface area contributed by atoms with Crippen molar-refractivity contribution in [3.63, 3.8) is 0 Å². The molecule has 2 heterocycles. The van der Waals surface area contributed by atoms with Gasteiger partial charge in [-0.25, -0.2) is 15.1 Å². The fourth-order valence-corrected chi connectivity index (χ4v) is 2.96. The number of hydrogen-bond donors (Lipinski definition) is 3. The zero-order chi connectivity index (χ0) is 29.4. The molecule has 0 bridgehead atoms. The summed E-state index contributed by atoms with van der Waals surface area (Å²) in [6.45, 7) is 18.6. The highest BCUT2D eigenvalue weighted by Crippen LogP contribution is 2.20. The van der Waals surface area contributed by atoms with Crippen LogP contribution in [0.3, 0.4) is 0 Å². The first kappa shape index (κ1) is 33.4. The predicted octanol–water partition coefficient (Wildman–Crippen LogP) is 5.94. The van der Waals surface area contributed by atoms with Gasteiger partial charge in [-0.1, -0.05) is 39.5 Å². The van der Waals surface area contributed by atoms with Crippen molar-refractivity contribution in [2.45, 2.75) is 60.2 Å². The predicted molar refractivity (Wildman–Crippen MR) is 155 cm³/mol. The van der Waals surface area contributed by atoms with Crippen LogP contribution < -0.4 is 20.7 Å². The SMILES string of the molecule is C=C(/C=C(\C=C/CCl)c1ccc(OC(C)CNCC)nc1)NC(=O)c1coc(NC(=O)OC(C)(C)C)n1.CC. The van der Waals surface area contributed by atoms with Crippen molar-refractivity contribution in [1.29, 1.82) is 0 Å². The molecule has 11 heteroatoms. The number of oxazole rings is 1. The van der Waals surface area contributed by atoms with Crippen molar-refractivity contribution < 1.29 is 23.5 Å². The largest absolute Gasteiger partial charge is 0.473 e. The highest BCUT2D eigenvalue weighted by atomic mass is 35.5. The Hall–Kier alpha value is -3.63. The fraction of sp³-hybridized carbons (Fsp3) is 0.429. The summed E-state index contributed by atoms with van der Waals surface area (Å²) < 4.78 is 16.1. The van der Waals surface area contributed by atoms with E-state index in [-0.39, 0.29) is 17.8 Å². The van der Waals surface area contributed by atoms with Gasteiger partial charge in [-0.2, -0.15) is 4.98 Å². The molecule has 0 fully saturated rings. The average Bonchev–Trinajstić information content (AvgIpc) is 3.34. The van der Waals surface area contributed by atoms with Crippen molar-refractivity contribution in [3.05, 3.63) is 66.4 Å². The molecular formula is C28H40ClN5O5. The number of nitrogens with zero attached hydrogens (tertiary/aromatic N) is 2. The molecule has 2 aromatic rings. The third-order valence-electron chi connectivity index (χ3n) is 4.41. The summed E-state index contributed by atoms with van der Waals surface area (Å²) in [5.74, 6) is 0.238. The Morgan fingerprint density at radius 1 is 1.26 bits per heavy atom. The minimum absolute atomic E-state index is 0.0316. The molecule has 39 heavy (non-hydrogen) atoms. The number of aromatic nitrogens is 2. The summed E-state index contributed by atoms with van der Waals surface area (Å²) >= 11 is 5.83. The average molecular weight is 562 g/mol. The van der Waals surface area contributed by atoms with Crippen LogP contribution in [0.4, 0.5) is 10.8 Å². The summed E-state index contributed by atoms with van der Waals surface area (Å²) in [7, 11) is 0. The molecular weight excluding hydrogens is 522 g/mol. The van der Waals surface area contributed by atoms with E-state index in [9.17, 15) is 9.59 Å². The molecule has 1 atom stereocenters. The van der Waals surface area contributed by atoms with Crippen LogP contribution in [0.2, 0.25) is 0 Å². The van der Waals surface area contributed by atoms with E-state index in [0.29, 0.717) is 24.0 Å². The molecule has 0 aromatic carbocycles. The first-order valence-corrected chi connectivity index (χ1v) is 13.3. The maximum Gasteiger partial charge on any atom is 0.415 e. The molecule has 1 unspecified atom stereocenters. The Bertz CT molecular complexity index is 1120. The number of rotatable bonds is 12. The van der Waals surface area contributed by atoms with Crippen molar-refractivity contribution in [1.82, 2.24) is 20.6 Å². The van der Waals surface area contributed by atoms with E-state index in [0.717, 1.165) is 23.9 Å². The third-order valence-corrected chi connectivity index (χ3v) is 4.59. The molecule has 0 aliphatic heterocycles. The zero-order valence-corrected chi connectivity index (χ0v) is 24.5. The Labute approximate surface area is 235 Å². The number of allylic oxidation sites excluding steroid dienone is 4. The Morgan fingerprint density at radius 3 is 2.56 bits per heavy atom. The number of amides is 2. The number of carbonyl (C=O) groups is 2. The first-order chi connectivity index (χ1) is 18.5. The summed E-state index contributed by atoms with van der Waals surface area (Å²) in [5, 5.41) is 8.20. The molecule has 10 nitrogen and oxygen atoms in total. The van der Waals surface area contributed by atoms with E-state index in [1.807, 2.05) is 33.8 Å². The normalized spacial score (nSPS) is 12.3. The lowest BCUT2D eigenvalue weighted by Crippen LogP contribution is -2.28. The van der Waals surface area contributed by atoms with Gasteiger partial charge in [-0.15, -0.1) is 11.6 Å². The van der Waals surface area contributed by atoms with E-state index in [1.165, 1.54) is 0 Å². The van der Waals surface area contributed by atoms with Gasteiger partial charge in [0.25, 0.3) is 5.91 Å². The fourth-order valence-electron chi connectivity index (χ4n) is 2.88. The Kier molecular flexibility index (Phi) is 14.6. The molecule has 2 amide bonds. The van der Waals surface area contributed by atoms with Gasteiger partial charge in [0.15, 0.2) is 5.69 Å². The van der Waals surface area contributed by atoms with Crippen LogP contribution in [0.1, 0.15) is 64.5 Å². The lowest BCUT2D eigenvalue weighted by Gasteiger charge is -2.18. The van der Waals surface area contributed by atoms with Gasteiger partial charge >= 0.3 is 12.1 Å². The van der Waals surface area contributed by atoms with Crippen LogP contribution in [-0.2, 0) is 4.74 Å². The van der Waals surface area contributed by atoms with Gasteiger partial charge in [0.1, 0.15) is 18.0 Å². The number of pyridine rings is 1. The molecule has 0 saturated heterocycles. The summed E-state index contributed by atoms with van der Waals surface area (Å²) in [4.78, 5) is 32.8. The quantitative estimate of drug-likeness (QED) is 0.214. The molecule has 0 radical (unpaired) electrons. The van der Waals surface area contributed by atoms with Gasteiger partial charge in [0.05, 0.1) is 0 Å². The number of likely N-dealkylation sites (N-methyl/N-ethyl adjacent to an activating group) is 1. The smallest absolute Gasteiger partial charge is 0.415 e. The molecule has 2 aromatic heterocycles. The van der Waals surface area contributed by atoms with E-state index < -0.39 is 17.6 Å². The van der Waals surface area contributed by atoms with Crippen LogP contribution in [0.15, 0.2) is 59.5 Å². The van der Waals surface area contributed by atoms with Crippen LogP contribution >= 0.6 is 11.6 Å². The van der Waals surface area contributed by atoms with E-state index in [1.54, 1.807) is 51.3 Å². The number of hydrogen-bond acceptors (Lipinski definition) is 8. The molecule has 214 valence electrons. The van der Waals surface area contributed by atoms with Gasteiger partial charge in [-0.3, -0.25) is 4.79 Å². The second kappa shape index (κ2) is 17.1. The monoisotopic (exact) mass is 561 g/mol. The Morgan fingerprint density at radius 2 is 1.97 bits per heavy atom. The topological polar surface area (TPSA) is 128 Å². The number of nitrogens with one attached hydrogen (secondary N) is 3. The molecule has 0 aliphatic rings. The molecule has 2 rings (SSSR count). The van der Waals surface area contributed by atoms with Gasteiger partial charge < -0.3 is 24.5 Å². The van der Waals surface area contributed by atoms with Crippen molar-refractivity contribution in [3.8, 4) is 5.88 Å². The van der Waals surface area contributed by atoms with E-state index in [2.05, 4.69) is 32.5 Å². The number of ether oxygens (including phenoxy) is 2. The standard InChI is InChI=1S/C26H34ClN5O5.C2H6/c1-7-28-14-18(3)36-22-11-10-20(15-29-22)19(9-8-12-27)13-17(2)30-23(33)21-16-35-24(31-21)32-25(34)37-26(4,5)6;1-2/h8-11,13,15-16,18,28H,2,7,12,14H2,1,3-6H3,(H,30,33)(H,31,32,34);1-2H3/b9-8-,19-13+;. The maximum absolute atomic E-state index is 12.6. The van der Waals surface area contributed by atoms with E-state index >= 15 is 0 Å². The minimum atomic E-state index is -0.749. The van der Waals surface area contributed by atoms with Crippen LogP contribution in [0, 0.1) is 0 Å². The van der Waals surface area contributed by atoms with Gasteiger partial charge in [0, 0.05) is 35.9 Å². The first-order valence-electron chi connectivity index (χ1n) is 12.7. The van der Waals surface area contributed by atoms with Crippen molar-refractivity contribution in [2.24, 2.45) is 0 Å². The highest BCUT2D eigenvalue weighted by Gasteiger charge is 2.19. The lowest BCUT2D eigenvalue weighted by atomic mass is 10.1. The number of carbonyl (C=O) groups excluding carboxylic acids is 2. The second-order valence-electron chi connectivity index (χ2n) is 8.92. The lowest BCUT2D eigenvalue weighted by molar-refractivity contribution is 0.0631. The zero-order valence-electron chi connectivity index (χ0n) is 23.8. The summed E-state index contributed by atoms with van der Waals surface area (Å²) in [6.07, 6.45) is 7.24.